The molecule has 0 bridgehead atoms. The van der Waals surface area contributed by atoms with Crippen LogP contribution in [0.4, 0.5) is 5.69 Å². The number of halogens is 2. The number of carbonyl (C=O) groups is 1. The number of ether oxygens (including phenoxy) is 1. The molecule has 126 valence electrons. The number of hydrogen-bond donors (Lipinski definition) is 1. The van der Waals surface area contributed by atoms with Gasteiger partial charge in [0.25, 0.3) is 0 Å². The Morgan fingerprint density at radius 2 is 2.04 bits per heavy atom. The van der Waals surface area contributed by atoms with E-state index in [9.17, 15) is 4.79 Å². The molecular weight excluding hydrogens is 347 g/mol. The second kappa shape index (κ2) is 7.88. The summed E-state index contributed by atoms with van der Waals surface area (Å²) in [6.45, 7) is 2.73. The van der Waals surface area contributed by atoms with Crippen LogP contribution in [0.15, 0.2) is 42.5 Å². The number of rotatable bonds is 4. The van der Waals surface area contributed by atoms with Gasteiger partial charge in [0.15, 0.2) is 0 Å². The van der Waals surface area contributed by atoms with Crippen molar-refractivity contribution in [1.29, 1.82) is 0 Å². The Balaban J connectivity index is 1.56. The first-order chi connectivity index (χ1) is 11.6. The summed E-state index contributed by atoms with van der Waals surface area (Å²) in [6, 6.07) is 12.9. The van der Waals surface area contributed by atoms with Gasteiger partial charge in [-0.1, -0.05) is 35.3 Å². The number of nitrogens with one attached hydrogen (secondary N) is 1. The van der Waals surface area contributed by atoms with E-state index in [4.69, 9.17) is 27.9 Å². The monoisotopic (exact) mass is 364 g/mol. The molecule has 0 saturated carbocycles. The van der Waals surface area contributed by atoms with Crippen LogP contribution in [-0.4, -0.2) is 30.5 Å². The van der Waals surface area contributed by atoms with Crippen molar-refractivity contribution in [3.8, 4) is 5.75 Å². The van der Waals surface area contributed by atoms with E-state index in [-0.39, 0.29) is 5.91 Å². The van der Waals surface area contributed by atoms with E-state index >= 15 is 0 Å². The van der Waals surface area contributed by atoms with Crippen LogP contribution in [0.5, 0.6) is 5.75 Å². The molecule has 0 fully saturated rings. The molecule has 0 aliphatic carbocycles. The van der Waals surface area contributed by atoms with Gasteiger partial charge in [0, 0.05) is 36.6 Å². The van der Waals surface area contributed by atoms with Crippen molar-refractivity contribution in [3.63, 3.8) is 0 Å². The summed E-state index contributed by atoms with van der Waals surface area (Å²) < 4.78 is 5.73. The number of benzene rings is 2. The molecule has 24 heavy (non-hydrogen) atoms. The van der Waals surface area contributed by atoms with Crippen molar-refractivity contribution >= 4 is 34.8 Å². The van der Waals surface area contributed by atoms with E-state index in [2.05, 4.69) is 10.2 Å². The Labute approximate surface area is 151 Å². The van der Waals surface area contributed by atoms with E-state index in [1.54, 1.807) is 12.1 Å². The summed E-state index contributed by atoms with van der Waals surface area (Å²) in [5.74, 6) is 0.807. The van der Waals surface area contributed by atoms with Gasteiger partial charge in [-0.3, -0.25) is 9.69 Å². The second-order valence-electron chi connectivity index (χ2n) is 5.65. The number of fused-ring (bicyclic) bond motifs is 1. The molecule has 6 heteroatoms. The van der Waals surface area contributed by atoms with Crippen LogP contribution in [0.1, 0.15) is 12.0 Å². The van der Waals surface area contributed by atoms with Gasteiger partial charge in [0.2, 0.25) is 5.91 Å². The molecular formula is C18H18Cl2N2O2. The first kappa shape index (κ1) is 17.1. The Hall–Kier alpha value is -1.75. The molecule has 0 radical (unpaired) electrons. The number of nitrogens with zero attached hydrogens (tertiary/aromatic N) is 1. The van der Waals surface area contributed by atoms with Gasteiger partial charge >= 0.3 is 0 Å². The van der Waals surface area contributed by atoms with Gasteiger partial charge in [-0.15, -0.1) is 0 Å². The van der Waals surface area contributed by atoms with E-state index in [1.807, 2.05) is 30.3 Å². The zero-order valence-electron chi connectivity index (χ0n) is 13.1. The quantitative estimate of drug-likeness (QED) is 0.882. The Bertz CT molecular complexity index is 737. The van der Waals surface area contributed by atoms with E-state index in [1.165, 1.54) is 0 Å². The SMILES string of the molecule is O=C(CCN1CCOc2ccc(Cl)cc2C1)Nc1ccccc1Cl. The molecule has 1 heterocycles. The summed E-state index contributed by atoms with van der Waals surface area (Å²) in [7, 11) is 0. The fourth-order valence-corrected chi connectivity index (χ4v) is 3.02. The van der Waals surface area contributed by atoms with Crippen molar-refractivity contribution in [2.75, 3.05) is 25.0 Å². The highest BCUT2D eigenvalue weighted by molar-refractivity contribution is 6.33. The van der Waals surface area contributed by atoms with Gasteiger partial charge in [-0.25, -0.2) is 0 Å². The van der Waals surface area contributed by atoms with E-state index < -0.39 is 0 Å². The lowest BCUT2D eigenvalue weighted by atomic mass is 10.2. The molecule has 3 rings (SSSR count). The molecule has 2 aromatic carbocycles. The zero-order chi connectivity index (χ0) is 16.9. The molecule has 0 saturated heterocycles. The molecule has 0 aromatic heterocycles. The van der Waals surface area contributed by atoms with Gasteiger partial charge in [0.05, 0.1) is 10.7 Å². The van der Waals surface area contributed by atoms with Gasteiger partial charge in [-0.2, -0.15) is 0 Å². The Kier molecular flexibility index (Phi) is 5.61. The van der Waals surface area contributed by atoms with Crippen LogP contribution in [0, 0.1) is 0 Å². The summed E-state index contributed by atoms with van der Waals surface area (Å²) >= 11 is 12.1. The number of para-hydroxylation sites is 1. The van der Waals surface area contributed by atoms with Gasteiger partial charge in [-0.05, 0) is 30.3 Å². The molecule has 1 aliphatic rings. The number of hydrogen-bond acceptors (Lipinski definition) is 3. The van der Waals surface area contributed by atoms with Crippen molar-refractivity contribution in [2.45, 2.75) is 13.0 Å². The minimum Gasteiger partial charge on any atom is -0.492 e. The Morgan fingerprint density at radius 1 is 1.21 bits per heavy atom. The molecule has 4 nitrogen and oxygen atoms in total. The van der Waals surface area contributed by atoms with E-state index in [0.29, 0.717) is 35.3 Å². The normalized spacial score (nSPS) is 14.4. The molecule has 1 amide bonds. The van der Waals surface area contributed by atoms with Crippen LogP contribution in [0.2, 0.25) is 10.0 Å². The third-order valence-corrected chi connectivity index (χ3v) is 4.45. The smallest absolute Gasteiger partial charge is 0.225 e. The molecule has 1 N–H and O–H groups in total. The van der Waals surface area contributed by atoms with Gasteiger partial charge in [0.1, 0.15) is 12.4 Å². The predicted octanol–water partition coefficient (Wildman–Crippen LogP) is 4.22. The highest BCUT2D eigenvalue weighted by atomic mass is 35.5. The first-order valence-electron chi connectivity index (χ1n) is 7.80. The average Bonchev–Trinajstić information content (AvgIpc) is 2.76. The lowest BCUT2D eigenvalue weighted by Crippen LogP contribution is -2.29. The van der Waals surface area contributed by atoms with Crippen LogP contribution >= 0.6 is 23.2 Å². The van der Waals surface area contributed by atoms with Crippen molar-refractivity contribution in [1.82, 2.24) is 4.90 Å². The summed E-state index contributed by atoms with van der Waals surface area (Å²) in [4.78, 5) is 14.3. The Morgan fingerprint density at radius 3 is 2.88 bits per heavy atom. The largest absolute Gasteiger partial charge is 0.492 e. The maximum atomic E-state index is 12.1. The summed E-state index contributed by atoms with van der Waals surface area (Å²) in [6.07, 6.45) is 0.390. The fourth-order valence-electron chi connectivity index (χ4n) is 2.64. The van der Waals surface area contributed by atoms with Crippen LogP contribution in [0.3, 0.4) is 0 Å². The topological polar surface area (TPSA) is 41.6 Å². The van der Waals surface area contributed by atoms with Crippen LogP contribution in [0.25, 0.3) is 0 Å². The van der Waals surface area contributed by atoms with Crippen LogP contribution in [-0.2, 0) is 11.3 Å². The van der Waals surface area contributed by atoms with E-state index in [0.717, 1.165) is 24.4 Å². The molecule has 0 atom stereocenters. The maximum Gasteiger partial charge on any atom is 0.225 e. The zero-order valence-corrected chi connectivity index (χ0v) is 14.6. The summed E-state index contributed by atoms with van der Waals surface area (Å²) in [5.41, 5.74) is 1.69. The highest BCUT2D eigenvalue weighted by Gasteiger charge is 2.16. The molecule has 2 aromatic rings. The standard InChI is InChI=1S/C18H18Cl2N2O2/c19-14-5-6-17-13(11-14)12-22(9-10-24-17)8-7-18(23)21-16-4-2-1-3-15(16)20/h1-6,11H,7-10,12H2,(H,21,23). The molecule has 0 spiro atoms. The van der Waals surface area contributed by atoms with Crippen molar-refractivity contribution < 1.29 is 9.53 Å². The highest BCUT2D eigenvalue weighted by Crippen LogP contribution is 2.26. The maximum absolute atomic E-state index is 12.1. The van der Waals surface area contributed by atoms with Crippen molar-refractivity contribution in [3.05, 3.63) is 58.1 Å². The number of anilines is 1. The lowest BCUT2D eigenvalue weighted by Gasteiger charge is -2.19. The van der Waals surface area contributed by atoms with Gasteiger partial charge < -0.3 is 10.1 Å². The summed E-state index contributed by atoms with van der Waals surface area (Å²) in [5, 5.41) is 4.07. The average molecular weight is 365 g/mol. The minimum absolute atomic E-state index is 0.0559. The third-order valence-electron chi connectivity index (χ3n) is 3.88. The molecule has 0 unspecified atom stereocenters. The first-order valence-corrected chi connectivity index (χ1v) is 8.55. The minimum atomic E-state index is -0.0559. The number of carbonyl (C=O) groups excluding carboxylic acids is 1. The van der Waals surface area contributed by atoms with Crippen LogP contribution < -0.4 is 10.1 Å². The predicted molar refractivity (Wildman–Crippen MR) is 96.9 cm³/mol. The van der Waals surface area contributed by atoms with Crippen molar-refractivity contribution in [2.24, 2.45) is 0 Å². The lowest BCUT2D eigenvalue weighted by molar-refractivity contribution is -0.116. The fraction of sp³-hybridized carbons (Fsp3) is 0.278. The molecule has 1 aliphatic heterocycles. The third kappa shape index (κ3) is 4.41. The second-order valence-corrected chi connectivity index (χ2v) is 6.50. The number of amides is 1.